The minimum Gasteiger partial charge on any atom is -0.494 e. The molecule has 27 heavy (non-hydrogen) atoms. The highest BCUT2D eigenvalue weighted by molar-refractivity contribution is 5.95. The first-order valence-electron chi connectivity index (χ1n) is 9.08. The van der Waals surface area contributed by atoms with Crippen LogP contribution < -0.4 is 20.1 Å². The first kappa shape index (κ1) is 20.3. The molecule has 1 atom stereocenters. The van der Waals surface area contributed by atoms with Gasteiger partial charge in [-0.05, 0) is 69.3 Å². The summed E-state index contributed by atoms with van der Waals surface area (Å²) in [7, 11) is 0. The lowest BCUT2D eigenvalue weighted by atomic mass is 10.2. The Balaban J connectivity index is 1.81. The van der Waals surface area contributed by atoms with Gasteiger partial charge in [-0.3, -0.25) is 9.59 Å². The van der Waals surface area contributed by atoms with E-state index in [4.69, 9.17) is 9.47 Å². The fourth-order valence-electron chi connectivity index (χ4n) is 2.44. The molecule has 6 heteroatoms. The Morgan fingerprint density at radius 1 is 0.815 bits per heavy atom. The van der Waals surface area contributed by atoms with Gasteiger partial charge < -0.3 is 20.1 Å². The molecule has 0 radical (unpaired) electrons. The summed E-state index contributed by atoms with van der Waals surface area (Å²) in [4.78, 5) is 24.5. The number of benzene rings is 2. The van der Waals surface area contributed by atoms with Crippen molar-refractivity contribution < 1.29 is 19.1 Å². The molecule has 2 amide bonds. The van der Waals surface area contributed by atoms with Crippen LogP contribution in [0, 0.1) is 0 Å². The van der Waals surface area contributed by atoms with E-state index < -0.39 is 0 Å². The Hall–Kier alpha value is -3.02. The van der Waals surface area contributed by atoms with Crippen LogP contribution in [0.4, 0.5) is 0 Å². The van der Waals surface area contributed by atoms with Crippen LogP contribution in [0.5, 0.6) is 11.5 Å². The highest BCUT2D eigenvalue weighted by atomic mass is 16.5. The van der Waals surface area contributed by atoms with Crippen molar-refractivity contribution in [2.75, 3.05) is 19.8 Å². The largest absolute Gasteiger partial charge is 0.494 e. The Morgan fingerprint density at radius 3 is 1.70 bits per heavy atom. The molecule has 6 nitrogen and oxygen atoms in total. The minimum absolute atomic E-state index is 0.194. The van der Waals surface area contributed by atoms with Gasteiger partial charge in [0.2, 0.25) is 0 Å². The van der Waals surface area contributed by atoms with Gasteiger partial charge in [-0.1, -0.05) is 0 Å². The second-order valence-electron chi connectivity index (χ2n) is 6.00. The van der Waals surface area contributed by atoms with Crippen molar-refractivity contribution >= 4 is 11.8 Å². The van der Waals surface area contributed by atoms with Crippen LogP contribution in [-0.2, 0) is 0 Å². The van der Waals surface area contributed by atoms with E-state index in [0.29, 0.717) is 30.9 Å². The van der Waals surface area contributed by atoms with Crippen LogP contribution in [0.3, 0.4) is 0 Å². The summed E-state index contributed by atoms with van der Waals surface area (Å²) in [6.07, 6.45) is 0. The van der Waals surface area contributed by atoms with Gasteiger partial charge in [-0.15, -0.1) is 0 Å². The number of carbonyl (C=O) groups excluding carboxylic acids is 2. The maximum absolute atomic E-state index is 12.3. The lowest BCUT2D eigenvalue weighted by molar-refractivity contribution is 0.0912. The summed E-state index contributed by atoms with van der Waals surface area (Å²) < 4.78 is 10.7. The van der Waals surface area contributed by atoms with E-state index in [9.17, 15) is 9.59 Å². The highest BCUT2D eigenvalue weighted by Gasteiger charge is 2.12. The molecular weight excluding hydrogens is 344 g/mol. The molecule has 0 fully saturated rings. The Morgan fingerprint density at radius 2 is 1.26 bits per heavy atom. The van der Waals surface area contributed by atoms with E-state index in [1.54, 1.807) is 48.5 Å². The van der Waals surface area contributed by atoms with Gasteiger partial charge in [0, 0.05) is 23.7 Å². The number of carbonyl (C=O) groups is 2. The number of ether oxygens (including phenoxy) is 2. The predicted octanol–water partition coefficient (Wildman–Crippen LogP) is 3.03. The van der Waals surface area contributed by atoms with Gasteiger partial charge in [-0.2, -0.15) is 0 Å². The zero-order valence-corrected chi connectivity index (χ0v) is 16.0. The lowest BCUT2D eigenvalue weighted by Crippen LogP contribution is -2.41. The maximum atomic E-state index is 12.3. The number of nitrogens with one attached hydrogen (secondary N) is 2. The molecule has 144 valence electrons. The summed E-state index contributed by atoms with van der Waals surface area (Å²) in [5.41, 5.74) is 1.09. The van der Waals surface area contributed by atoms with Crippen LogP contribution >= 0.6 is 0 Å². The zero-order valence-electron chi connectivity index (χ0n) is 16.0. The average molecular weight is 370 g/mol. The third-order valence-electron chi connectivity index (χ3n) is 3.80. The molecule has 2 aromatic carbocycles. The Bertz CT molecular complexity index is 742. The van der Waals surface area contributed by atoms with Crippen LogP contribution in [0.25, 0.3) is 0 Å². The Labute approximate surface area is 159 Å². The SMILES string of the molecule is CCOc1ccc(C(=O)NC[C@H](C)NC(=O)c2ccc(OCC)cc2)cc1. The van der Waals surface area contributed by atoms with E-state index in [-0.39, 0.29) is 17.9 Å². The predicted molar refractivity (Wildman–Crippen MR) is 104 cm³/mol. The van der Waals surface area contributed by atoms with E-state index >= 15 is 0 Å². The zero-order chi connectivity index (χ0) is 19.6. The topological polar surface area (TPSA) is 76.7 Å². The maximum Gasteiger partial charge on any atom is 0.251 e. The fraction of sp³-hybridized carbons (Fsp3) is 0.333. The summed E-state index contributed by atoms with van der Waals surface area (Å²) in [6.45, 7) is 7.14. The Kier molecular flexibility index (Phi) is 7.67. The molecule has 2 rings (SSSR count). The van der Waals surface area contributed by atoms with Gasteiger partial charge in [0.1, 0.15) is 11.5 Å². The molecule has 0 spiro atoms. The number of rotatable bonds is 9. The molecule has 0 aliphatic carbocycles. The van der Waals surface area contributed by atoms with Crippen molar-refractivity contribution in [1.82, 2.24) is 10.6 Å². The van der Waals surface area contributed by atoms with Gasteiger partial charge >= 0.3 is 0 Å². The van der Waals surface area contributed by atoms with Crippen LogP contribution in [0.15, 0.2) is 48.5 Å². The molecule has 0 aromatic heterocycles. The minimum atomic E-state index is -0.212. The van der Waals surface area contributed by atoms with Crippen LogP contribution in [0.2, 0.25) is 0 Å². The molecule has 0 saturated carbocycles. The van der Waals surface area contributed by atoms with Crippen molar-refractivity contribution in [3.05, 3.63) is 59.7 Å². The summed E-state index contributed by atoms with van der Waals surface area (Å²) in [6, 6.07) is 13.7. The normalized spacial score (nSPS) is 11.4. The fourth-order valence-corrected chi connectivity index (χ4v) is 2.44. The van der Waals surface area contributed by atoms with Gasteiger partial charge in [0.05, 0.1) is 13.2 Å². The van der Waals surface area contributed by atoms with E-state index in [1.807, 2.05) is 20.8 Å². The molecule has 0 aliphatic heterocycles. The quantitative estimate of drug-likeness (QED) is 0.711. The van der Waals surface area contributed by atoms with Crippen LogP contribution in [0.1, 0.15) is 41.5 Å². The first-order valence-corrected chi connectivity index (χ1v) is 9.08. The average Bonchev–Trinajstić information content (AvgIpc) is 2.68. The van der Waals surface area contributed by atoms with Crippen molar-refractivity contribution in [3.63, 3.8) is 0 Å². The molecule has 0 heterocycles. The highest BCUT2D eigenvalue weighted by Crippen LogP contribution is 2.13. The van der Waals surface area contributed by atoms with Crippen molar-refractivity contribution in [2.45, 2.75) is 26.8 Å². The van der Waals surface area contributed by atoms with Gasteiger partial charge in [0.25, 0.3) is 11.8 Å². The van der Waals surface area contributed by atoms with Gasteiger partial charge in [0.15, 0.2) is 0 Å². The second kappa shape index (κ2) is 10.2. The molecule has 2 aromatic rings. The van der Waals surface area contributed by atoms with Crippen molar-refractivity contribution in [1.29, 1.82) is 0 Å². The molecule has 0 unspecified atom stereocenters. The standard InChI is InChI=1S/C21H26N2O4/c1-4-26-18-10-6-16(7-11-18)20(24)22-14-15(3)23-21(25)17-8-12-19(13-9-17)27-5-2/h6-13,15H,4-5,14H2,1-3H3,(H,22,24)(H,23,25)/t15-/m0/s1. The monoisotopic (exact) mass is 370 g/mol. The molecule has 0 saturated heterocycles. The molecular formula is C21H26N2O4. The number of hydrogen-bond donors (Lipinski definition) is 2. The third-order valence-corrected chi connectivity index (χ3v) is 3.80. The summed E-state index contributed by atoms with van der Waals surface area (Å²) in [5, 5.41) is 5.68. The van der Waals surface area contributed by atoms with Crippen molar-refractivity contribution in [3.8, 4) is 11.5 Å². The molecule has 0 aliphatic rings. The molecule has 2 N–H and O–H groups in total. The first-order chi connectivity index (χ1) is 13.0. The third kappa shape index (κ3) is 6.33. The van der Waals surface area contributed by atoms with E-state index in [2.05, 4.69) is 10.6 Å². The summed E-state index contributed by atoms with van der Waals surface area (Å²) in [5.74, 6) is 1.07. The number of hydrogen-bond acceptors (Lipinski definition) is 4. The smallest absolute Gasteiger partial charge is 0.251 e. The summed E-state index contributed by atoms with van der Waals surface area (Å²) >= 11 is 0. The van der Waals surface area contributed by atoms with Crippen LogP contribution in [-0.4, -0.2) is 37.6 Å². The second-order valence-corrected chi connectivity index (χ2v) is 6.00. The van der Waals surface area contributed by atoms with E-state index in [0.717, 1.165) is 11.5 Å². The lowest BCUT2D eigenvalue weighted by Gasteiger charge is -2.15. The molecule has 0 bridgehead atoms. The van der Waals surface area contributed by atoms with Gasteiger partial charge in [-0.25, -0.2) is 0 Å². The number of amides is 2. The van der Waals surface area contributed by atoms with Crippen molar-refractivity contribution in [2.24, 2.45) is 0 Å². The van der Waals surface area contributed by atoms with E-state index in [1.165, 1.54) is 0 Å².